The Kier molecular flexibility index (Phi) is 6.45. The molecule has 2 N–H and O–H groups in total. The van der Waals surface area contributed by atoms with Gasteiger partial charge < -0.3 is 5.11 Å². The van der Waals surface area contributed by atoms with E-state index in [0.29, 0.717) is 18.2 Å². The lowest BCUT2D eigenvalue weighted by Gasteiger charge is -2.06. The third-order valence-corrected chi connectivity index (χ3v) is 1.85. The summed E-state index contributed by atoms with van der Waals surface area (Å²) in [5.41, 5.74) is 0.613. The van der Waals surface area contributed by atoms with E-state index in [-0.39, 0.29) is 5.69 Å². The van der Waals surface area contributed by atoms with Gasteiger partial charge in [-0.2, -0.15) is 8.42 Å². The van der Waals surface area contributed by atoms with E-state index in [2.05, 4.69) is 0 Å². The number of benzene rings is 1. The topological polar surface area (TPSA) is 118 Å². The maximum Gasteiger partial charge on any atom is 0.269 e. The van der Waals surface area contributed by atoms with Crippen LogP contribution in [0.2, 0.25) is 0 Å². The van der Waals surface area contributed by atoms with Crippen molar-refractivity contribution in [1.82, 2.24) is 0 Å². The molecular formula is C10H15NO6S. The van der Waals surface area contributed by atoms with Gasteiger partial charge in [0.2, 0.25) is 0 Å². The normalized spacial score (nSPS) is 12.2. The Morgan fingerprint density at radius 2 is 1.94 bits per heavy atom. The van der Waals surface area contributed by atoms with Crippen molar-refractivity contribution in [3.8, 4) is 0 Å². The first-order valence-electron chi connectivity index (χ1n) is 5.00. The predicted octanol–water partition coefficient (Wildman–Crippen LogP) is 1.54. The van der Waals surface area contributed by atoms with E-state index >= 15 is 0 Å². The molecule has 0 saturated heterocycles. The van der Waals surface area contributed by atoms with Crippen LogP contribution in [0.15, 0.2) is 24.3 Å². The number of nitrogens with zero attached hydrogens (tertiary/aromatic N) is 1. The molecule has 0 fully saturated rings. The lowest BCUT2D eigenvalue weighted by Crippen LogP contribution is -1.96. The van der Waals surface area contributed by atoms with Crippen LogP contribution in [-0.2, 0) is 10.1 Å². The van der Waals surface area contributed by atoms with Gasteiger partial charge in [0.05, 0.1) is 17.3 Å². The Morgan fingerprint density at radius 3 is 2.33 bits per heavy atom. The number of nitro benzene ring substituents is 1. The summed E-state index contributed by atoms with van der Waals surface area (Å²) in [4.78, 5) is 9.92. The van der Waals surface area contributed by atoms with Crippen molar-refractivity contribution in [1.29, 1.82) is 0 Å². The Bertz CT molecular complexity index is 491. The molecule has 1 atom stereocenters. The van der Waals surface area contributed by atoms with E-state index in [1.165, 1.54) is 12.1 Å². The summed E-state index contributed by atoms with van der Waals surface area (Å²) in [5.74, 6) is 0. The maximum atomic E-state index is 10.4. The van der Waals surface area contributed by atoms with Gasteiger partial charge in [-0.3, -0.25) is 14.7 Å². The number of non-ortho nitro benzene ring substituents is 1. The standard InChI is InChI=1S/C9H11NO3.CH4O3S/c1-2-9(11)7-4-3-5-8(6-7)10(12)13;1-5(2,3)4/h3-6,9,11H,2H2,1H3;1H3,(H,2,3,4)/t9-;/m0./s1. The van der Waals surface area contributed by atoms with Crippen LogP contribution in [0, 0.1) is 10.1 Å². The van der Waals surface area contributed by atoms with Crippen LogP contribution >= 0.6 is 0 Å². The molecule has 0 aliphatic carbocycles. The quantitative estimate of drug-likeness (QED) is 0.491. The summed E-state index contributed by atoms with van der Waals surface area (Å²) in [6.45, 7) is 1.82. The van der Waals surface area contributed by atoms with E-state index in [0.717, 1.165) is 0 Å². The van der Waals surface area contributed by atoms with Crippen LogP contribution < -0.4 is 0 Å². The summed E-state index contributed by atoms with van der Waals surface area (Å²) >= 11 is 0. The highest BCUT2D eigenvalue weighted by atomic mass is 32.2. The molecular weight excluding hydrogens is 262 g/mol. The Balaban J connectivity index is 0.000000494. The van der Waals surface area contributed by atoms with Crippen LogP contribution in [0.3, 0.4) is 0 Å². The third-order valence-electron chi connectivity index (χ3n) is 1.85. The summed E-state index contributed by atoms with van der Waals surface area (Å²) in [6, 6.07) is 6.06. The SMILES string of the molecule is CC[C@H](O)c1cccc([N+](=O)[O-])c1.CS(=O)(=O)O. The monoisotopic (exact) mass is 277 g/mol. The van der Waals surface area contributed by atoms with Gasteiger partial charge >= 0.3 is 0 Å². The molecule has 18 heavy (non-hydrogen) atoms. The lowest BCUT2D eigenvalue weighted by molar-refractivity contribution is -0.385. The molecule has 0 amide bonds. The molecule has 8 heteroatoms. The van der Waals surface area contributed by atoms with Crippen LogP contribution in [0.5, 0.6) is 0 Å². The number of hydrogen-bond acceptors (Lipinski definition) is 5. The number of nitro groups is 1. The third kappa shape index (κ3) is 7.71. The first kappa shape index (κ1) is 16.5. The minimum absolute atomic E-state index is 0.0185. The van der Waals surface area contributed by atoms with Crippen LogP contribution in [0.25, 0.3) is 0 Å². The molecule has 1 aromatic carbocycles. The zero-order valence-corrected chi connectivity index (χ0v) is 10.8. The molecule has 0 spiro atoms. The van der Waals surface area contributed by atoms with Gasteiger partial charge in [0.1, 0.15) is 0 Å². The summed E-state index contributed by atoms with van der Waals surface area (Å²) in [7, 11) is -3.67. The molecule has 0 aliphatic rings. The molecule has 0 aliphatic heterocycles. The molecule has 0 heterocycles. The molecule has 0 aromatic heterocycles. The Hall–Kier alpha value is -1.51. The highest BCUT2D eigenvalue weighted by Gasteiger charge is 2.09. The van der Waals surface area contributed by atoms with E-state index < -0.39 is 21.1 Å². The molecule has 102 valence electrons. The fraction of sp³-hybridized carbons (Fsp3) is 0.400. The van der Waals surface area contributed by atoms with Gasteiger partial charge in [0.15, 0.2) is 0 Å². The van der Waals surface area contributed by atoms with Gasteiger partial charge in [0.25, 0.3) is 15.8 Å². The van der Waals surface area contributed by atoms with E-state index in [1.54, 1.807) is 12.1 Å². The average Bonchev–Trinajstić information content (AvgIpc) is 2.26. The Labute approximate surface area is 105 Å². The van der Waals surface area contributed by atoms with Crippen LogP contribution in [0.4, 0.5) is 5.69 Å². The van der Waals surface area contributed by atoms with Crippen LogP contribution in [-0.4, -0.2) is 29.3 Å². The van der Waals surface area contributed by atoms with Gasteiger partial charge in [-0.1, -0.05) is 19.1 Å². The molecule has 0 radical (unpaired) electrons. The van der Waals surface area contributed by atoms with Crippen molar-refractivity contribution in [3.63, 3.8) is 0 Å². The van der Waals surface area contributed by atoms with E-state index in [1.807, 2.05) is 6.92 Å². The molecule has 7 nitrogen and oxygen atoms in total. The lowest BCUT2D eigenvalue weighted by atomic mass is 10.1. The predicted molar refractivity (Wildman–Crippen MR) is 65.8 cm³/mol. The largest absolute Gasteiger partial charge is 0.388 e. The number of aliphatic hydroxyl groups is 1. The zero-order valence-electron chi connectivity index (χ0n) is 9.98. The summed E-state index contributed by atoms with van der Waals surface area (Å²) in [5, 5.41) is 19.8. The van der Waals surface area contributed by atoms with Crippen molar-refractivity contribution in [3.05, 3.63) is 39.9 Å². The van der Waals surface area contributed by atoms with Crippen molar-refractivity contribution in [2.45, 2.75) is 19.4 Å². The van der Waals surface area contributed by atoms with Crippen molar-refractivity contribution >= 4 is 15.8 Å². The second-order valence-electron chi connectivity index (χ2n) is 3.51. The minimum atomic E-state index is -3.67. The van der Waals surface area contributed by atoms with E-state index in [9.17, 15) is 23.6 Å². The second kappa shape index (κ2) is 7.04. The van der Waals surface area contributed by atoms with E-state index in [4.69, 9.17) is 4.55 Å². The number of hydrogen-bond donors (Lipinski definition) is 2. The van der Waals surface area contributed by atoms with Crippen molar-refractivity contribution in [2.24, 2.45) is 0 Å². The van der Waals surface area contributed by atoms with Crippen LogP contribution in [0.1, 0.15) is 25.0 Å². The molecule has 1 rings (SSSR count). The molecule has 1 aromatic rings. The first-order chi connectivity index (χ1) is 8.15. The average molecular weight is 277 g/mol. The van der Waals surface area contributed by atoms with Gasteiger partial charge in [-0.15, -0.1) is 0 Å². The second-order valence-corrected chi connectivity index (χ2v) is 4.98. The highest BCUT2D eigenvalue weighted by Crippen LogP contribution is 2.20. The zero-order chi connectivity index (χ0) is 14.3. The minimum Gasteiger partial charge on any atom is -0.388 e. The van der Waals surface area contributed by atoms with Gasteiger partial charge in [-0.05, 0) is 12.0 Å². The summed E-state index contributed by atoms with van der Waals surface area (Å²) < 4.78 is 25.9. The fourth-order valence-electron chi connectivity index (χ4n) is 1.08. The molecule has 0 unspecified atom stereocenters. The summed E-state index contributed by atoms with van der Waals surface area (Å²) in [6.07, 6.45) is 0.661. The highest BCUT2D eigenvalue weighted by molar-refractivity contribution is 7.85. The van der Waals surface area contributed by atoms with Crippen molar-refractivity contribution < 1.29 is 23.0 Å². The fourth-order valence-corrected chi connectivity index (χ4v) is 1.08. The smallest absolute Gasteiger partial charge is 0.269 e. The molecule has 0 bridgehead atoms. The maximum absolute atomic E-state index is 10.4. The van der Waals surface area contributed by atoms with Gasteiger partial charge in [0, 0.05) is 12.1 Å². The first-order valence-corrected chi connectivity index (χ1v) is 6.84. The van der Waals surface area contributed by atoms with Gasteiger partial charge in [-0.25, -0.2) is 0 Å². The Morgan fingerprint density at radius 1 is 1.44 bits per heavy atom. The number of aliphatic hydroxyl groups excluding tert-OH is 1. The van der Waals surface area contributed by atoms with Crippen molar-refractivity contribution in [2.75, 3.05) is 6.26 Å². The molecule has 0 saturated carbocycles. The number of rotatable bonds is 3.